The minimum absolute atomic E-state index is 0.808. The van der Waals surface area contributed by atoms with Gasteiger partial charge in [-0.05, 0) is 20.0 Å². The van der Waals surface area contributed by atoms with E-state index in [-0.39, 0.29) is 0 Å². The minimum Gasteiger partial charge on any atom is -0.316 e. The summed E-state index contributed by atoms with van der Waals surface area (Å²) in [6, 6.07) is 0. The van der Waals surface area contributed by atoms with E-state index in [1.165, 1.54) is 0 Å². The lowest BCUT2D eigenvalue weighted by Gasteiger charge is -1.84. The molecule has 0 aliphatic carbocycles. The summed E-state index contributed by atoms with van der Waals surface area (Å²) in [5.41, 5.74) is 0. The lowest BCUT2D eigenvalue weighted by atomic mass is 10.4. The van der Waals surface area contributed by atoms with E-state index in [0.29, 0.717) is 0 Å². The van der Waals surface area contributed by atoms with Gasteiger partial charge in [0.05, 0.1) is 0 Å². The third-order valence-electron chi connectivity index (χ3n) is 0.784. The SMILES string of the molecule is CNC/C=C\C=C(/C)Cl. The van der Waals surface area contributed by atoms with Crippen LogP contribution < -0.4 is 5.32 Å². The van der Waals surface area contributed by atoms with Gasteiger partial charge in [0, 0.05) is 11.6 Å². The molecular formula is C7H12ClN. The summed E-state index contributed by atoms with van der Waals surface area (Å²) >= 11 is 5.55. The van der Waals surface area contributed by atoms with Gasteiger partial charge in [-0.25, -0.2) is 0 Å². The fourth-order valence-corrected chi connectivity index (χ4v) is 0.459. The maximum absolute atomic E-state index is 5.55. The monoisotopic (exact) mass is 145 g/mol. The Hall–Kier alpha value is -0.270. The van der Waals surface area contributed by atoms with Crippen molar-refractivity contribution >= 4 is 11.6 Å². The van der Waals surface area contributed by atoms with Crippen LogP contribution in [-0.2, 0) is 0 Å². The zero-order valence-electron chi connectivity index (χ0n) is 5.82. The summed E-state index contributed by atoms with van der Waals surface area (Å²) in [5.74, 6) is 0. The summed E-state index contributed by atoms with van der Waals surface area (Å²) in [6.45, 7) is 2.74. The first-order chi connectivity index (χ1) is 4.27. The molecule has 0 amide bonds. The summed E-state index contributed by atoms with van der Waals surface area (Å²) < 4.78 is 0. The van der Waals surface area contributed by atoms with Crippen molar-refractivity contribution in [3.63, 3.8) is 0 Å². The number of nitrogens with one attached hydrogen (secondary N) is 1. The van der Waals surface area contributed by atoms with E-state index in [1.807, 2.05) is 32.2 Å². The van der Waals surface area contributed by atoms with Crippen molar-refractivity contribution < 1.29 is 0 Å². The van der Waals surface area contributed by atoms with Crippen LogP contribution in [0.5, 0.6) is 0 Å². The van der Waals surface area contributed by atoms with Gasteiger partial charge in [0.1, 0.15) is 0 Å². The molecule has 0 rings (SSSR count). The predicted octanol–water partition coefficient (Wildman–Crippen LogP) is 1.90. The molecule has 0 bridgehead atoms. The van der Waals surface area contributed by atoms with Crippen molar-refractivity contribution in [3.8, 4) is 0 Å². The molecule has 0 aromatic carbocycles. The second-order valence-corrected chi connectivity index (χ2v) is 2.34. The van der Waals surface area contributed by atoms with Crippen LogP contribution in [0.25, 0.3) is 0 Å². The molecule has 1 nitrogen and oxygen atoms in total. The van der Waals surface area contributed by atoms with Crippen molar-refractivity contribution in [1.29, 1.82) is 0 Å². The molecule has 52 valence electrons. The maximum Gasteiger partial charge on any atom is 0.0149 e. The smallest absolute Gasteiger partial charge is 0.0149 e. The molecule has 0 saturated heterocycles. The van der Waals surface area contributed by atoms with E-state index >= 15 is 0 Å². The molecule has 0 saturated carbocycles. The van der Waals surface area contributed by atoms with Crippen LogP contribution in [0.2, 0.25) is 0 Å². The maximum atomic E-state index is 5.55. The van der Waals surface area contributed by atoms with Gasteiger partial charge < -0.3 is 5.32 Å². The Balaban J connectivity index is 3.35. The van der Waals surface area contributed by atoms with Crippen molar-refractivity contribution in [3.05, 3.63) is 23.3 Å². The Morgan fingerprint density at radius 3 is 2.78 bits per heavy atom. The first-order valence-electron chi connectivity index (χ1n) is 2.91. The fraction of sp³-hybridized carbons (Fsp3) is 0.429. The summed E-state index contributed by atoms with van der Waals surface area (Å²) in [7, 11) is 1.90. The molecule has 0 aromatic heterocycles. The quantitative estimate of drug-likeness (QED) is 0.599. The highest BCUT2D eigenvalue weighted by molar-refractivity contribution is 6.29. The van der Waals surface area contributed by atoms with Gasteiger partial charge >= 0.3 is 0 Å². The third-order valence-corrected chi connectivity index (χ3v) is 0.910. The summed E-state index contributed by atoms with van der Waals surface area (Å²) in [4.78, 5) is 0. The van der Waals surface area contributed by atoms with Gasteiger partial charge in [-0.3, -0.25) is 0 Å². The average molecular weight is 146 g/mol. The van der Waals surface area contributed by atoms with Crippen LogP contribution in [-0.4, -0.2) is 13.6 Å². The molecule has 0 aromatic rings. The number of halogens is 1. The first-order valence-corrected chi connectivity index (χ1v) is 3.28. The largest absolute Gasteiger partial charge is 0.316 e. The molecule has 9 heavy (non-hydrogen) atoms. The Morgan fingerprint density at radius 1 is 1.67 bits per heavy atom. The van der Waals surface area contributed by atoms with Crippen LogP contribution in [0.3, 0.4) is 0 Å². The number of hydrogen-bond acceptors (Lipinski definition) is 1. The van der Waals surface area contributed by atoms with Crippen LogP contribution >= 0.6 is 11.6 Å². The fourth-order valence-electron chi connectivity index (χ4n) is 0.387. The number of likely N-dealkylation sites (N-methyl/N-ethyl adjacent to an activating group) is 1. The van der Waals surface area contributed by atoms with E-state index in [9.17, 15) is 0 Å². The van der Waals surface area contributed by atoms with Gasteiger partial charge in [-0.15, -0.1) is 0 Å². The highest BCUT2D eigenvalue weighted by atomic mass is 35.5. The molecule has 0 aliphatic heterocycles. The van der Waals surface area contributed by atoms with Gasteiger partial charge in [0.25, 0.3) is 0 Å². The zero-order valence-corrected chi connectivity index (χ0v) is 6.57. The van der Waals surface area contributed by atoms with Gasteiger partial charge in [-0.2, -0.15) is 0 Å². The Morgan fingerprint density at radius 2 is 2.33 bits per heavy atom. The Labute approximate surface area is 61.4 Å². The molecular weight excluding hydrogens is 134 g/mol. The number of rotatable bonds is 3. The van der Waals surface area contributed by atoms with E-state index in [2.05, 4.69) is 5.32 Å². The lowest BCUT2D eigenvalue weighted by molar-refractivity contribution is 0.920. The second-order valence-electron chi connectivity index (χ2n) is 1.74. The van der Waals surface area contributed by atoms with Crippen molar-refractivity contribution in [2.24, 2.45) is 0 Å². The van der Waals surface area contributed by atoms with Crippen molar-refractivity contribution in [2.45, 2.75) is 6.92 Å². The van der Waals surface area contributed by atoms with Crippen molar-refractivity contribution in [2.75, 3.05) is 13.6 Å². The molecule has 0 radical (unpaired) electrons. The standard InChI is InChI=1S/C7H12ClN/c1-7(8)5-3-4-6-9-2/h3-5,9H,6H2,1-2H3/b4-3-,7-5+. The van der Waals surface area contributed by atoms with Gasteiger partial charge in [0.2, 0.25) is 0 Å². The second kappa shape index (κ2) is 5.86. The van der Waals surface area contributed by atoms with Crippen LogP contribution in [0.1, 0.15) is 6.92 Å². The van der Waals surface area contributed by atoms with Crippen molar-refractivity contribution in [1.82, 2.24) is 5.32 Å². The number of hydrogen-bond donors (Lipinski definition) is 1. The molecule has 0 fully saturated rings. The summed E-state index contributed by atoms with van der Waals surface area (Å²) in [5, 5.41) is 3.79. The predicted molar refractivity (Wildman–Crippen MR) is 42.7 cm³/mol. The molecule has 1 N–H and O–H groups in total. The van der Waals surface area contributed by atoms with E-state index in [1.54, 1.807) is 0 Å². The molecule has 0 aliphatic rings. The van der Waals surface area contributed by atoms with Crippen LogP contribution in [0, 0.1) is 0 Å². The minimum atomic E-state index is 0.808. The number of allylic oxidation sites excluding steroid dienone is 3. The van der Waals surface area contributed by atoms with Crippen LogP contribution in [0.4, 0.5) is 0 Å². The van der Waals surface area contributed by atoms with Gasteiger partial charge in [0.15, 0.2) is 0 Å². The topological polar surface area (TPSA) is 12.0 Å². The normalized spacial score (nSPS) is 13.0. The molecule has 0 heterocycles. The molecule has 0 atom stereocenters. The zero-order chi connectivity index (χ0) is 7.11. The average Bonchev–Trinajstić information content (AvgIpc) is 1.80. The van der Waals surface area contributed by atoms with E-state index in [4.69, 9.17) is 11.6 Å². The highest BCUT2D eigenvalue weighted by Gasteiger charge is 1.72. The van der Waals surface area contributed by atoms with E-state index < -0.39 is 0 Å². The first kappa shape index (κ1) is 8.73. The molecule has 0 spiro atoms. The van der Waals surface area contributed by atoms with E-state index in [0.717, 1.165) is 11.6 Å². The highest BCUT2D eigenvalue weighted by Crippen LogP contribution is 1.96. The van der Waals surface area contributed by atoms with Crippen LogP contribution in [0.15, 0.2) is 23.3 Å². The Kier molecular flexibility index (Phi) is 5.68. The van der Waals surface area contributed by atoms with Gasteiger partial charge in [-0.1, -0.05) is 23.8 Å². The molecule has 0 unspecified atom stereocenters. The Bertz CT molecular complexity index is 112. The third kappa shape index (κ3) is 7.73. The molecule has 2 heteroatoms. The lowest BCUT2D eigenvalue weighted by Crippen LogP contribution is -2.03. The summed E-state index contributed by atoms with van der Waals surface area (Å²) in [6.07, 6.45) is 5.80.